The van der Waals surface area contributed by atoms with Crippen molar-refractivity contribution < 1.29 is 18.6 Å². The molecule has 0 atom stereocenters. The van der Waals surface area contributed by atoms with Crippen molar-refractivity contribution >= 4 is 0 Å². The molecule has 0 amide bonds. The van der Waals surface area contributed by atoms with Crippen LogP contribution in [0.4, 0.5) is 8.78 Å². The van der Waals surface area contributed by atoms with E-state index in [0.717, 1.165) is 25.3 Å². The predicted molar refractivity (Wildman–Crippen MR) is 66.9 cm³/mol. The van der Waals surface area contributed by atoms with Crippen LogP contribution >= 0.6 is 0 Å². The lowest BCUT2D eigenvalue weighted by Crippen LogP contribution is -2.00. The molecular formula is C14H20F2O2. The molecule has 2 nitrogen and oxygen atoms in total. The minimum atomic E-state index is -1.25. The van der Waals surface area contributed by atoms with Crippen molar-refractivity contribution in [3.63, 3.8) is 0 Å². The van der Waals surface area contributed by atoms with Gasteiger partial charge in [0, 0.05) is 0 Å². The normalized spacial score (nSPS) is 10.6. The van der Waals surface area contributed by atoms with E-state index >= 15 is 0 Å². The first-order chi connectivity index (χ1) is 8.66. The number of phenolic OH excluding ortho intramolecular Hbond substituents is 1. The molecule has 0 radical (unpaired) electrons. The Labute approximate surface area is 107 Å². The zero-order valence-electron chi connectivity index (χ0n) is 10.7. The molecule has 0 aliphatic carbocycles. The van der Waals surface area contributed by atoms with E-state index in [0.29, 0.717) is 6.61 Å². The Balaban J connectivity index is 2.25. The largest absolute Gasteiger partial charge is 0.505 e. The van der Waals surface area contributed by atoms with Crippen molar-refractivity contribution in [1.82, 2.24) is 0 Å². The van der Waals surface area contributed by atoms with Crippen LogP contribution in [0.5, 0.6) is 11.5 Å². The van der Waals surface area contributed by atoms with Crippen molar-refractivity contribution in [2.75, 3.05) is 6.61 Å². The Bertz CT molecular complexity index is 367. The van der Waals surface area contributed by atoms with Crippen molar-refractivity contribution in [3.8, 4) is 11.5 Å². The van der Waals surface area contributed by atoms with E-state index in [9.17, 15) is 8.78 Å². The fourth-order valence-corrected chi connectivity index (χ4v) is 1.70. The van der Waals surface area contributed by atoms with Gasteiger partial charge >= 0.3 is 0 Å². The maximum absolute atomic E-state index is 13.3. The van der Waals surface area contributed by atoms with Gasteiger partial charge in [-0.3, -0.25) is 0 Å². The highest BCUT2D eigenvalue weighted by molar-refractivity contribution is 5.33. The van der Waals surface area contributed by atoms with Gasteiger partial charge in [-0.2, -0.15) is 8.78 Å². The lowest BCUT2D eigenvalue weighted by Gasteiger charge is -2.08. The minimum absolute atomic E-state index is 0.140. The summed E-state index contributed by atoms with van der Waals surface area (Å²) in [6, 6.07) is 2.33. The number of aromatic hydroxyl groups is 1. The molecule has 1 aromatic carbocycles. The number of benzene rings is 1. The SMILES string of the molecule is CCCCCCCCOc1ccc(O)c(F)c1F. The molecule has 0 aliphatic rings. The summed E-state index contributed by atoms with van der Waals surface area (Å²) in [5, 5.41) is 8.95. The third kappa shape index (κ3) is 4.51. The molecule has 0 aliphatic heterocycles. The van der Waals surface area contributed by atoms with Crippen LogP contribution in [0.15, 0.2) is 12.1 Å². The van der Waals surface area contributed by atoms with Crippen LogP contribution in [0.3, 0.4) is 0 Å². The molecule has 18 heavy (non-hydrogen) atoms. The highest BCUT2D eigenvalue weighted by Gasteiger charge is 2.13. The molecule has 0 unspecified atom stereocenters. The van der Waals surface area contributed by atoms with Crippen LogP contribution in [0.25, 0.3) is 0 Å². The maximum atomic E-state index is 13.3. The second kappa shape index (κ2) is 7.90. The molecule has 0 aromatic heterocycles. The summed E-state index contributed by atoms with van der Waals surface area (Å²) in [5.74, 6) is -3.21. The number of halogens is 2. The molecule has 1 aromatic rings. The zero-order chi connectivity index (χ0) is 13.4. The third-order valence-electron chi connectivity index (χ3n) is 2.78. The highest BCUT2D eigenvalue weighted by Crippen LogP contribution is 2.26. The Hall–Kier alpha value is -1.32. The molecule has 4 heteroatoms. The van der Waals surface area contributed by atoms with Crippen LogP contribution in [0, 0.1) is 11.6 Å². The van der Waals surface area contributed by atoms with Gasteiger partial charge in [-0.05, 0) is 18.6 Å². The highest BCUT2D eigenvalue weighted by atomic mass is 19.2. The molecule has 0 bridgehead atoms. The number of ether oxygens (including phenoxy) is 1. The van der Waals surface area contributed by atoms with Crippen molar-refractivity contribution in [2.24, 2.45) is 0 Å². The Kier molecular flexibility index (Phi) is 6.47. The van der Waals surface area contributed by atoms with E-state index in [1.165, 1.54) is 25.3 Å². The van der Waals surface area contributed by atoms with Crippen molar-refractivity contribution in [2.45, 2.75) is 45.4 Å². The van der Waals surface area contributed by atoms with E-state index in [1.54, 1.807) is 0 Å². The molecule has 0 saturated heterocycles. The number of hydrogen-bond acceptors (Lipinski definition) is 2. The Morgan fingerprint density at radius 1 is 1.00 bits per heavy atom. The van der Waals surface area contributed by atoms with E-state index < -0.39 is 17.4 Å². The van der Waals surface area contributed by atoms with Gasteiger partial charge in [0.15, 0.2) is 11.5 Å². The fraction of sp³-hybridized carbons (Fsp3) is 0.571. The molecule has 0 spiro atoms. The van der Waals surface area contributed by atoms with Crippen molar-refractivity contribution in [3.05, 3.63) is 23.8 Å². The first-order valence-electron chi connectivity index (χ1n) is 6.46. The van der Waals surface area contributed by atoms with Gasteiger partial charge in [0.1, 0.15) is 0 Å². The first kappa shape index (κ1) is 14.7. The smallest absolute Gasteiger partial charge is 0.204 e. The summed E-state index contributed by atoms with van der Waals surface area (Å²) in [6.07, 6.45) is 6.64. The van der Waals surface area contributed by atoms with Crippen LogP contribution < -0.4 is 4.74 Å². The molecule has 1 N–H and O–H groups in total. The lowest BCUT2D eigenvalue weighted by molar-refractivity contribution is 0.281. The van der Waals surface area contributed by atoms with Gasteiger partial charge in [0.25, 0.3) is 0 Å². The van der Waals surface area contributed by atoms with E-state index in [4.69, 9.17) is 9.84 Å². The predicted octanol–water partition coefficient (Wildman–Crippen LogP) is 4.41. The molecule has 0 fully saturated rings. The van der Waals surface area contributed by atoms with Gasteiger partial charge in [0.05, 0.1) is 6.61 Å². The number of hydrogen-bond donors (Lipinski definition) is 1. The average Bonchev–Trinajstić information content (AvgIpc) is 2.37. The van der Waals surface area contributed by atoms with Crippen LogP contribution in [0.1, 0.15) is 45.4 Å². The van der Waals surface area contributed by atoms with E-state index in [2.05, 4.69) is 6.92 Å². The summed E-state index contributed by atoms with van der Waals surface area (Å²) >= 11 is 0. The first-order valence-corrected chi connectivity index (χ1v) is 6.46. The summed E-state index contributed by atoms with van der Waals surface area (Å²) in [7, 11) is 0. The van der Waals surface area contributed by atoms with Crippen LogP contribution in [0.2, 0.25) is 0 Å². The summed E-state index contributed by atoms with van der Waals surface area (Å²) < 4.78 is 31.4. The molecule has 1 rings (SSSR count). The quantitative estimate of drug-likeness (QED) is 0.700. The number of phenols is 1. The Morgan fingerprint density at radius 3 is 2.39 bits per heavy atom. The van der Waals surface area contributed by atoms with Gasteiger partial charge in [-0.1, -0.05) is 39.0 Å². The standard InChI is InChI=1S/C14H20F2O2/c1-2-3-4-5-6-7-10-18-12-9-8-11(17)13(15)14(12)16/h8-9,17H,2-7,10H2,1H3. The topological polar surface area (TPSA) is 29.5 Å². The van der Waals surface area contributed by atoms with Crippen molar-refractivity contribution in [1.29, 1.82) is 0 Å². The molecular weight excluding hydrogens is 238 g/mol. The number of rotatable bonds is 8. The van der Waals surface area contributed by atoms with Gasteiger partial charge < -0.3 is 9.84 Å². The maximum Gasteiger partial charge on any atom is 0.204 e. The van der Waals surface area contributed by atoms with Gasteiger partial charge in [0.2, 0.25) is 11.6 Å². The molecule has 0 saturated carbocycles. The lowest BCUT2D eigenvalue weighted by atomic mass is 10.1. The summed E-state index contributed by atoms with van der Waals surface area (Å²) in [6.45, 7) is 2.53. The van der Waals surface area contributed by atoms with Gasteiger partial charge in [-0.15, -0.1) is 0 Å². The monoisotopic (exact) mass is 258 g/mol. The van der Waals surface area contributed by atoms with E-state index in [-0.39, 0.29) is 5.75 Å². The van der Waals surface area contributed by atoms with Crippen LogP contribution in [-0.4, -0.2) is 11.7 Å². The molecule has 102 valence electrons. The van der Waals surface area contributed by atoms with Crippen LogP contribution in [-0.2, 0) is 0 Å². The Morgan fingerprint density at radius 2 is 1.67 bits per heavy atom. The number of unbranched alkanes of at least 4 members (excludes halogenated alkanes) is 5. The second-order valence-electron chi connectivity index (χ2n) is 4.33. The third-order valence-corrected chi connectivity index (χ3v) is 2.78. The molecule has 0 heterocycles. The minimum Gasteiger partial charge on any atom is -0.505 e. The average molecular weight is 258 g/mol. The second-order valence-corrected chi connectivity index (χ2v) is 4.33. The van der Waals surface area contributed by atoms with E-state index in [1.807, 2.05) is 0 Å². The summed E-state index contributed by atoms with van der Waals surface area (Å²) in [4.78, 5) is 0. The van der Waals surface area contributed by atoms with Gasteiger partial charge in [-0.25, -0.2) is 0 Å². The zero-order valence-corrected chi connectivity index (χ0v) is 10.7. The summed E-state index contributed by atoms with van der Waals surface area (Å²) in [5.41, 5.74) is 0. The fourth-order valence-electron chi connectivity index (χ4n) is 1.70.